The zero-order valence-electron chi connectivity index (χ0n) is 17.4. The normalized spacial score (nSPS) is 51.3. The van der Waals surface area contributed by atoms with Crippen molar-refractivity contribution in [2.24, 2.45) is 39.9 Å². The van der Waals surface area contributed by atoms with E-state index in [1.54, 1.807) is 12.2 Å². The monoisotopic (exact) mass is 370 g/mol. The average Bonchev–Trinajstić information content (AvgIpc) is 2.82. The molecule has 1 N–H and O–H groups in total. The van der Waals surface area contributed by atoms with E-state index in [0.29, 0.717) is 36.4 Å². The highest BCUT2D eigenvalue weighted by atomic mass is 16.3. The first-order valence-corrected chi connectivity index (χ1v) is 10.7. The summed E-state index contributed by atoms with van der Waals surface area (Å²) >= 11 is 0. The van der Waals surface area contributed by atoms with Crippen LogP contribution in [-0.2, 0) is 9.59 Å². The lowest BCUT2D eigenvalue weighted by Gasteiger charge is -2.60. The second-order valence-corrected chi connectivity index (χ2v) is 10.3. The molecule has 0 aromatic carbocycles. The van der Waals surface area contributed by atoms with Crippen LogP contribution in [0.5, 0.6) is 0 Å². The Bertz CT molecular complexity index is 749. The van der Waals surface area contributed by atoms with Crippen LogP contribution in [0.2, 0.25) is 0 Å². The Morgan fingerprint density at radius 3 is 2.67 bits per heavy atom. The fourth-order valence-corrected chi connectivity index (χ4v) is 7.84. The van der Waals surface area contributed by atoms with Crippen molar-refractivity contribution in [3.8, 4) is 0 Å². The fourth-order valence-electron chi connectivity index (χ4n) is 7.84. The number of fused-ring (bicyclic) bond motifs is 5. The second kappa shape index (κ2) is 5.89. The van der Waals surface area contributed by atoms with Crippen LogP contribution in [-0.4, -0.2) is 22.8 Å². The minimum atomic E-state index is -0.433. The number of hydrogen-bond donors (Lipinski definition) is 1. The fraction of sp³-hybridized carbons (Fsp3) is 0.750. The van der Waals surface area contributed by atoms with Crippen LogP contribution < -0.4 is 0 Å². The highest BCUT2D eigenvalue weighted by Crippen LogP contribution is 2.71. The zero-order chi connectivity index (χ0) is 19.8. The number of aliphatic hydroxyl groups is 1. The van der Waals surface area contributed by atoms with Gasteiger partial charge < -0.3 is 5.11 Å². The summed E-state index contributed by atoms with van der Waals surface area (Å²) in [5.41, 5.74) is 0.464. The molecule has 3 fully saturated rings. The molecular weight excluding hydrogens is 336 g/mol. The van der Waals surface area contributed by atoms with Crippen LogP contribution in [0.3, 0.4) is 0 Å². The predicted molar refractivity (Wildman–Crippen MR) is 106 cm³/mol. The summed E-state index contributed by atoms with van der Waals surface area (Å²) in [6.45, 7) is 10.9. The Kier molecular flexibility index (Phi) is 4.17. The molecule has 148 valence electrons. The first kappa shape index (κ1) is 19.1. The lowest BCUT2D eigenvalue weighted by atomic mass is 9.44. The van der Waals surface area contributed by atoms with Gasteiger partial charge in [0.25, 0.3) is 0 Å². The molecule has 5 unspecified atom stereocenters. The highest BCUT2D eigenvalue weighted by molar-refractivity contribution is 6.01. The van der Waals surface area contributed by atoms with Crippen molar-refractivity contribution in [1.82, 2.24) is 0 Å². The van der Waals surface area contributed by atoms with Gasteiger partial charge in [0, 0.05) is 23.2 Å². The van der Waals surface area contributed by atoms with Crippen LogP contribution >= 0.6 is 0 Å². The quantitative estimate of drug-likeness (QED) is 0.779. The highest BCUT2D eigenvalue weighted by Gasteiger charge is 2.68. The van der Waals surface area contributed by atoms with Gasteiger partial charge in [0.05, 0.1) is 6.10 Å². The van der Waals surface area contributed by atoms with E-state index < -0.39 is 6.10 Å². The van der Waals surface area contributed by atoms with Crippen LogP contribution in [0.15, 0.2) is 23.8 Å². The molecule has 0 saturated heterocycles. The molecule has 4 aliphatic carbocycles. The van der Waals surface area contributed by atoms with Crippen LogP contribution in [0.4, 0.5) is 0 Å². The van der Waals surface area contributed by atoms with Crippen LogP contribution in [0.1, 0.15) is 66.7 Å². The van der Waals surface area contributed by atoms with Gasteiger partial charge in [0.15, 0.2) is 5.78 Å². The van der Waals surface area contributed by atoms with Crippen molar-refractivity contribution in [2.75, 3.05) is 0 Å². The zero-order valence-corrected chi connectivity index (χ0v) is 17.4. The third-order valence-corrected chi connectivity index (χ3v) is 9.57. The molecule has 0 aromatic rings. The predicted octanol–water partition coefficient (Wildman–Crippen LogP) is 4.50. The number of carbonyl (C=O) groups is 2. The van der Waals surface area contributed by atoms with E-state index in [0.717, 1.165) is 19.3 Å². The van der Waals surface area contributed by atoms with E-state index in [1.165, 1.54) is 5.57 Å². The van der Waals surface area contributed by atoms with Gasteiger partial charge in [-0.1, -0.05) is 46.3 Å². The number of rotatable bonds is 2. The van der Waals surface area contributed by atoms with E-state index in [-0.39, 0.29) is 27.9 Å². The van der Waals surface area contributed by atoms with Crippen LogP contribution in [0, 0.1) is 39.9 Å². The summed E-state index contributed by atoms with van der Waals surface area (Å²) in [5, 5.41) is 11.4. The first-order valence-electron chi connectivity index (χ1n) is 10.7. The number of ketones is 2. The van der Waals surface area contributed by atoms with Gasteiger partial charge in [-0.3, -0.25) is 9.59 Å². The number of aliphatic hydroxyl groups excluding tert-OH is 1. The van der Waals surface area contributed by atoms with E-state index >= 15 is 0 Å². The molecule has 0 aromatic heterocycles. The minimum Gasteiger partial charge on any atom is -0.393 e. The average molecular weight is 371 g/mol. The SMILES string of the molecule is CCC(=O)[C@@]1(C)C(C)CC2C3CCC4=CC(=O)C=C[C@]4(C)C3C(O)C[C@@]21C. The largest absolute Gasteiger partial charge is 0.393 e. The summed E-state index contributed by atoms with van der Waals surface area (Å²) in [7, 11) is 0. The molecule has 3 saturated carbocycles. The third-order valence-electron chi connectivity index (χ3n) is 9.57. The van der Waals surface area contributed by atoms with E-state index in [9.17, 15) is 14.7 Å². The summed E-state index contributed by atoms with van der Waals surface area (Å²) in [5.74, 6) is 1.80. The van der Waals surface area contributed by atoms with E-state index in [2.05, 4.69) is 33.8 Å². The smallest absolute Gasteiger partial charge is 0.178 e. The van der Waals surface area contributed by atoms with Crippen LogP contribution in [0.25, 0.3) is 0 Å². The number of hydrogen-bond acceptors (Lipinski definition) is 3. The number of Topliss-reactive ketones (excluding diaryl/α,β-unsaturated/α-hetero) is 1. The van der Waals surface area contributed by atoms with E-state index in [4.69, 9.17) is 0 Å². The van der Waals surface area contributed by atoms with Crippen molar-refractivity contribution in [3.63, 3.8) is 0 Å². The molecule has 4 rings (SSSR count). The van der Waals surface area contributed by atoms with Crippen molar-refractivity contribution < 1.29 is 14.7 Å². The molecule has 0 aliphatic heterocycles. The Hall–Kier alpha value is -1.22. The molecule has 3 heteroatoms. The van der Waals surface area contributed by atoms with E-state index in [1.807, 2.05) is 6.92 Å². The van der Waals surface area contributed by atoms with Gasteiger partial charge in [0.1, 0.15) is 5.78 Å². The molecule has 0 heterocycles. The lowest BCUT2D eigenvalue weighted by molar-refractivity contribution is -0.155. The van der Waals surface area contributed by atoms with Gasteiger partial charge >= 0.3 is 0 Å². The standard InChI is InChI=1S/C24H34O3/c1-6-20(27)24(5)14(2)11-18-17-8-7-15-12-16(25)9-10-22(15,3)21(17)19(26)13-23(18,24)4/h9-10,12,14,17-19,21,26H,6-8,11,13H2,1-5H3/t14?,17?,18?,19?,21?,22-,23-,24+/m0/s1. The topological polar surface area (TPSA) is 54.4 Å². The molecule has 3 nitrogen and oxygen atoms in total. The lowest BCUT2D eigenvalue weighted by Crippen LogP contribution is -2.58. The number of allylic oxidation sites excluding steroid dienone is 4. The Labute approximate surface area is 163 Å². The summed E-state index contributed by atoms with van der Waals surface area (Å²) in [6.07, 6.45) is 9.41. The maximum Gasteiger partial charge on any atom is 0.178 e. The molecular formula is C24H34O3. The van der Waals surface area contributed by atoms with Crippen molar-refractivity contribution in [3.05, 3.63) is 23.8 Å². The summed E-state index contributed by atoms with van der Waals surface area (Å²) < 4.78 is 0. The van der Waals surface area contributed by atoms with Crippen molar-refractivity contribution in [2.45, 2.75) is 72.8 Å². The first-order chi connectivity index (χ1) is 12.6. The van der Waals surface area contributed by atoms with Gasteiger partial charge in [-0.2, -0.15) is 0 Å². The van der Waals surface area contributed by atoms with Gasteiger partial charge in [-0.05, 0) is 61.0 Å². The maximum absolute atomic E-state index is 13.1. The molecule has 0 amide bonds. The number of carbonyl (C=O) groups excluding carboxylic acids is 2. The van der Waals surface area contributed by atoms with Crippen molar-refractivity contribution >= 4 is 11.6 Å². The molecule has 0 spiro atoms. The third kappa shape index (κ3) is 2.24. The molecule has 0 radical (unpaired) electrons. The molecule has 8 atom stereocenters. The van der Waals surface area contributed by atoms with Gasteiger partial charge in [-0.25, -0.2) is 0 Å². The Morgan fingerprint density at radius 1 is 1.30 bits per heavy atom. The molecule has 0 bridgehead atoms. The van der Waals surface area contributed by atoms with Gasteiger partial charge in [-0.15, -0.1) is 0 Å². The maximum atomic E-state index is 13.1. The molecule has 27 heavy (non-hydrogen) atoms. The summed E-state index contributed by atoms with van der Waals surface area (Å²) in [6, 6.07) is 0. The second-order valence-electron chi connectivity index (χ2n) is 10.3. The Morgan fingerprint density at radius 2 is 2.00 bits per heavy atom. The molecule has 4 aliphatic rings. The van der Waals surface area contributed by atoms with Gasteiger partial charge in [0.2, 0.25) is 0 Å². The Balaban J connectivity index is 1.78. The van der Waals surface area contributed by atoms with Crippen molar-refractivity contribution in [1.29, 1.82) is 0 Å². The summed E-state index contributed by atoms with van der Waals surface area (Å²) in [4.78, 5) is 25.0. The minimum absolute atomic E-state index is 0.0756.